The Labute approximate surface area is 88.5 Å². The van der Waals surface area contributed by atoms with E-state index in [2.05, 4.69) is 37.8 Å². The van der Waals surface area contributed by atoms with E-state index >= 15 is 0 Å². The zero-order valence-electron chi connectivity index (χ0n) is 9.88. The lowest BCUT2D eigenvalue weighted by atomic mass is 9.49. The van der Waals surface area contributed by atoms with Crippen molar-refractivity contribution < 1.29 is 0 Å². The summed E-state index contributed by atoms with van der Waals surface area (Å²) in [6.07, 6.45) is 5.30. The summed E-state index contributed by atoms with van der Waals surface area (Å²) in [5, 5.41) is 0. The maximum atomic E-state index is 2.38. The topological polar surface area (TPSA) is 6.48 Å². The molecule has 0 unspecified atom stereocenters. The summed E-state index contributed by atoms with van der Waals surface area (Å²) in [6.45, 7) is 1.59. The van der Waals surface area contributed by atoms with Crippen molar-refractivity contribution in [1.29, 1.82) is 0 Å². The molecule has 0 bridgehead atoms. The number of hydrogen-bond donors (Lipinski definition) is 0. The number of rotatable bonds is 2. The van der Waals surface area contributed by atoms with Gasteiger partial charge in [0.1, 0.15) is 0 Å². The van der Waals surface area contributed by atoms with Crippen LogP contribution in [0, 0.1) is 0 Å². The molecule has 0 radical (unpaired) electrons. The lowest BCUT2D eigenvalue weighted by Crippen LogP contribution is -2.34. The highest BCUT2D eigenvalue weighted by Crippen LogP contribution is 2.41. The van der Waals surface area contributed by atoms with Crippen LogP contribution < -0.4 is 0 Å². The Balaban J connectivity index is 1.94. The first-order chi connectivity index (χ1) is 6.58. The third-order valence-electron chi connectivity index (χ3n) is 3.89. The van der Waals surface area contributed by atoms with Gasteiger partial charge in [0.2, 0.25) is 13.7 Å². The van der Waals surface area contributed by atoms with Gasteiger partial charge >= 0.3 is 0 Å². The van der Waals surface area contributed by atoms with Gasteiger partial charge < -0.3 is 9.62 Å². The first-order valence-electron chi connectivity index (χ1n) is 5.60. The van der Waals surface area contributed by atoms with E-state index in [0.29, 0.717) is 0 Å². The highest BCUT2D eigenvalue weighted by atomic mass is 15.0. The van der Waals surface area contributed by atoms with Gasteiger partial charge in [-0.1, -0.05) is 11.1 Å². The van der Waals surface area contributed by atoms with Crippen molar-refractivity contribution >= 4 is 13.7 Å². The third kappa shape index (κ3) is 1.78. The van der Waals surface area contributed by atoms with Gasteiger partial charge in [-0.05, 0) is 53.5 Å². The molecule has 0 N–H and O–H groups in total. The molecule has 0 spiro atoms. The van der Waals surface area contributed by atoms with E-state index in [-0.39, 0.29) is 0 Å². The van der Waals surface area contributed by atoms with Gasteiger partial charge in [-0.3, -0.25) is 0 Å². The van der Waals surface area contributed by atoms with Crippen LogP contribution in [-0.4, -0.2) is 51.5 Å². The third-order valence-corrected chi connectivity index (χ3v) is 3.89. The Bertz CT molecular complexity index is 219. The molecule has 0 aromatic heterocycles. The lowest BCUT2D eigenvalue weighted by Gasteiger charge is -2.20. The minimum atomic E-state index is 0.795. The second-order valence-corrected chi connectivity index (χ2v) is 5.26. The largest absolute Gasteiger partial charge is 0.347 e. The van der Waals surface area contributed by atoms with E-state index in [4.69, 9.17) is 0 Å². The average molecular weight is 190 g/mol. The summed E-state index contributed by atoms with van der Waals surface area (Å²) >= 11 is 0. The highest BCUT2D eigenvalue weighted by molar-refractivity contribution is 6.64. The zero-order valence-corrected chi connectivity index (χ0v) is 9.88. The van der Waals surface area contributed by atoms with E-state index in [0.717, 1.165) is 13.7 Å². The lowest BCUT2D eigenvalue weighted by molar-refractivity contribution is 0.633. The Hall–Kier alpha value is -0.210. The molecule has 4 heteroatoms. The van der Waals surface area contributed by atoms with E-state index in [9.17, 15) is 0 Å². The fraction of sp³-hybridized carbons (Fsp3) is 0.800. The molecular weight excluding hydrogens is 170 g/mol. The van der Waals surface area contributed by atoms with E-state index < -0.39 is 0 Å². The van der Waals surface area contributed by atoms with Gasteiger partial charge in [-0.15, -0.1) is 0 Å². The Morgan fingerprint density at radius 2 is 1.00 bits per heavy atom. The normalized spacial score (nSPS) is 21.9. The molecule has 76 valence electrons. The SMILES string of the molecule is CN(C)B1CC2=C(C1)CB(N(C)C)C2. The van der Waals surface area contributed by atoms with E-state index in [1.54, 1.807) is 11.1 Å². The van der Waals surface area contributed by atoms with E-state index in [1.165, 1.54) is 25.3 Å². The molecular formula is C10H20B2N2. The molecule has 0 fully saturated rings. The van der Waals surface area contributed by atoms with Crippen LogP contribution in [-0.2, 0) is 0 Å². The number of nitrogens with zero attached hydrogens (tertiary/aromatic N) is 2. The summed E-state index contributed by atoms with van der Waals surface area (Å²) in [4.78, 5) is 4.76. The van der Waals surface area contributed by atoms with Gasteiger partial charge in [0.25, 0.3) is 0 Å². The Morgan fingerprint density at radius 3 is 1.21 bits per heavy atom. The molecule has 0 aromatic carbocycles. The van der Waals surface area contributed by atoms with Crippen molar-refractivity contribution in [3.63, 3.8) is 0 Å². The summed E-state index contributed by atoms with van der Waals surface area (Å²) in [6, 6.07) is 0. The average Bonchev–Trinajstić information content (AvgIpc) is 2.57. The van der Waals surface area contributed by atoms with Crippen molar-refractivity contribution in [2.75, 3.05) is 28.2 Å². The van der Waals surface area contributed by atoms with Crippen molar-refractivity contribution in [2.24, 2.45) is 0 Å². The molecule has 2 aliphatic heterocycles. The van der Waals surface area contributed by atoms with Gasteiger partial charge in [0.15, 0.2) is 0 Å². The first kappa shape index (κ1) is 10.3. The summed E-state index contributed by atoms with van der Waals surface area (Å²) in [7, 11) is 8.82. The van der Waals surface area contributed by atoms with Crippen LogP contribution in [0.2, 0.25) is 25.3 Å². The van der Waals surface area contributed by atoms with Crippen LogP contribution in [0.4, 0.5) is 0 Å². The van der Waals surface area contributed by atoms with Crippen LogP contribution in [0.15, 0.2) is 11.1 Å². The molecule has 2 aliphatic rings. The summed E-state index contributed by atoms with van der Waals surface area (Å²) < 4.78 is 0. The van der Waals surface area contributed by atoms with E-state index in [1.807, 2.05) is 0 Å². The predicted molar refractivity (Wildman–Crippen MR) is 65.1 cm³/mol. The smallest absolute Gasteiger partial charge is 0.231 e. The minimum Gasteiger partial charge on any atom is -0.347 e. The van der Waals surface area contributed by atoms with Crippen molar-refractivity contribution in [3.8, 4) is 0 Å². The fourth-order valence-corrected chi connectivity index (χ4v) is 2.76. The summed E-state index contributed by atoms with van der Waals surface area (Å²) in [5.41, 5.74) is 3.53. The molecule has 0 amide bonds. The van der Waals surface area contributed by atoms with Crippen LogP contribution in [0.1, 0.15) is 0 Å². The quantitative estimate of drug-likeness (QED) is 0.479. The zero-order chi connectivity index (χ0) is 10.3. The number of allylic oxidation sites excluding steroid dienone is 2. The molecule has 14 heavy (non-hydrogen) atoms. The molecule has 0 atom stereocenters. The first-order valence-corrected chi connectivity index (χ1v) is 5.60. The van der Waals surface area contributed by atoms with Gasteiger partial charge in [-0.25, -0.2) is 0 Å². The molecule has 0 saturated carbocycles. The fourth-order valence-electron chi connectivity index (χ4n) is 2.76. The Kier molecular flexibility index (Phi) is 2.76. The molecule has 2 heterocycles. The van der Waals surface area contributed by atoms with Crippen LogP contribution >= 0.6 is 0 Å². The minimum absolute atomic E-state index is 0.795. The second kappa shape index (κ2) is 3.74. The van der Waals surface area contributed by atoms with Gasteiger partial charge in [0, 0.05) is 0 Å². The molecule has 2 nitrogen and oxygen atoms in total. The van der Waals surface area contributed by atoms with Crippen molar-refractivity contribution in [2.45, 2.75) is 25.3 Å². The van der Waals surface area contributed by atoms with Crippen LogP contribution in [0.5, 0.6) is 0 Å². The highest BCUT2D eigenvalue weighted by Gasteiger charge is 2.37. The van der Waals surface area contributed by atoms with Crippen LogP contribution in [0.3, 0.4) is 0 Å². The maximum absolute atomic E-state index is 2.38. The van der Waals surface area contributed by atoms with Gasteiger partial charge in [0.05, 0.1) is 0 Å². The van der Waals surface area contributed by atoms with Crippen molar-refractivity contribution in [3.05, 3.63) is 11.1 Å². The number of hydrogen-bond acceptors (Lipinski definition) is 2. The second-order valence-electron chi connectivity index (χ2n) is 5.26. The standard InChI is InChI=1S/C10H20B2N2/c1-13(2)11-5-9-7-12(14(3)4)8-10(9)6-11/h5-8H2,1-4H3. The molecule has 2 rings (SSSR count). The van der Waals surface area contributed by atoms with Crippen molar-refractivity contribution in [1.82, 2.24) is 9.62 Å². The Morgan fingerprint density at radius 1 is 0.714 bits per heavy atom. The van der Waals surface area contributed by atoms with Crippen LogP contribution in [0.25, 0.3) is 0 Å². The summed E-state index contributed by atoms with van der Waals surface area (Å²) in [5.74, 6) is 0. The molecule has 0 aromatic rings. The predicted octanol–water partition coefficient (Wildman–Crippen LogP) is 1.42. The monoisotopic (exact) mass is 190 g/mol. The molecule has 0 aliphatic carbocycles. The maximum Gasteiger partial charge on any atom is 0.231 e. The van der Waals surface area contributed by atoms with Gasteiger partial charge in [-0.2, -0.15) is 0 Å². The molecule has 0 saturated heterocycles.